The van der Waals surface area contributed by atoms with Crippen LogP contribution in [0.2, 0.25) is 0 Å². The molecule has 0 saturated carbocycles. The summed E-state index contributed by atoms with van der Waals surface area (Å²) < 4.78 is 0. The Labute approximate surface area is 152 Å². The summed E-state index contributed by atoms with van der Waals surface area (Å²) in [6.07, 6.45) is 0. The van der Waals surface area contributed by atoms with E-state index >= 15 is 0 Å². The first-order valence-electron chi connectivity index (χ1n) is 9.08. The van der Waals surface area contributed by atoms with Gasteiger partial charge >= 0.3 is 0 Å². The van der Waals surface area contributed by atoms with Gasteiger partial charge in [-0.2, -0.15) is 0 Å². The van der Waals surface area contributed by atoms with E-state index in [0.29, 0.717) is 0 Å². The molecule has 3 rings (SSSR count). The second-order valence-electron chi connectivity index (χ2n) is 7.51. The number of benzene rings is 3. The highest BCUT2D eigenvalue weighted by Gasteiger charge is 2.22. The molecule has 0 aliphatic rings. The summed E-state index contributed by atoms with van der Waals surface area (Å²) >= 11 is 0. The minimum absolute atomic E-state index is 0.277. The highest BCUT2D eigenvalue weighted by Crippen LogP contribution is 2.38. The summed E-state index contributed by atoms with van der Waals surface area (Å²) in [6.45, 7) is 13.3. The van der Waals surface area contributed by atoms with Crippen molar-refractivity contribution in [3.63, 3.8) is 0 Å². The molecule has 0 heteroatoms. The van der Waals surface area contributed by atoms with E-state index < -0.39 is 0 Å². The molecule has 0 N–H and O–H groups in total. The molecule has 0 amide bonds. The molecule has 0 atom stereocenters. The van der Waals surface area contributed by atoms with E-state index in [2.05, 4.69) is 96.1 Å². The highest BCUT2D eigenvalue weighted by molar-refractivity contribution is 5.52. The van der Waals surface area contributed by atoms with Crippen LogP contribution in [-0.2, 0) is 0 Å². The smallest absolute Gasteiger partial charge is 0.0348 e. The van der Waals surface area contributed by atoms with Crippen LogP contribution < -0.4 is 0 Å². The lowest BCUT2D eigenvalue weighted by atomic mass is 9.78. The van der Waals surface area contributed by atoms with Crippen molar-refractivity contribution >= 4 is 0 Å². The van der Waals surface area contributed by atoms with E-state index in [1.54, 1.807) is 0 Å². The molecule has 0 nitrogen and oxygen atoms in total. The lowest BCUT2D eigenvalue weighted by molar-refractivity contribution is 0.929. The van der Waals surface area contributed by atoms with Gasteiger partial charge < -0.3 is 0 Å². The molecule has 128 valence electrons. The van der Waals surface area contributed by atoms with Crippen molar-refractivity contribution in [2.45, 2.75) is 47.5 Å². The van der Waals surface area contributed by atoms with Gasteiger partial charge in [0.1, 0.15) is 0 Å². The summed E-state index contributed by atoms with van der Waals surface area (Å²) in [4.78, 5) is 0. The summed E-state index contributed by atoms with van der Waals surface area (Å²) in [5.74, 6) is 0.277. The van der Waals surface area contributed by atoms with Crippen LogP contribution in [0.4, 0.5) is 0 Å². The molecule has 0 spiro atoms. The number of rotatable bonds is 3. The predicted octanol–water partition coefficient (Wildman–Crippen LogP) is 6.72. The molecule has 0 saturated heterocycles. The van der Waals surface area contributed by atoms with Gasteiger partial charge in [-0.1, -0.05) is 71.3 Å². The standard InChI is InChI=1S/C25H28/c1-16-7-10-19(4)22(13-16)25(23-14-17(2)8-11-20(23)5)24-15-18(3)9-12-21(24)6/h7-15,25H,1-6H3. The van der Waals surface area contributed by atoms with Crippen LogP contribution in [0.15, 0.2) is 54.6 Å². The zero-order chi connectivity index (χ0) is 18.1. The molecular formula is C25H28. The van der Waals surface area contributed by atoms with Crippen LogP contribution in [-0.4, -0.2) is 0 Å². The zero-order valence-corrected chi connectivity index (χ0v) is 16.3. The fourth-order valence-electron chi connectivity index (χ4n) is 3.72. The van der Waals surface area contributed by atoms with E-state index in [9.17, 15) is 0 Å². The molecule has 0 fully saturated rings. The Morgan fingerprint density at radius 3 is 1.00 bits per heavy atom. The van der Waals surface area contributed by atoms with E-state index in [1.165, 1.54) is 50.1 Å². The third kappa shape index (κ3) is 3.54. The van der Waals surface area contributed by atoms with E-state index in [1.807, 2.05) is 0 Å². The lowest BCUT2D eigenvalue weighted by Gasteiger charge is -2.25. The topological polar surface area (TPSA) is 0 Å². The summed E-state index contributed by atoms with van der Waals surface area (Å²) in [5.41, 5.74) is 12.3. The van der Waals surface area contributed by atoms with E-state index in [-0.39, 0.29) is 5.92 Å². The maximum atomic E-state index is 2.36. The Bertz CT molecular complexity index is 793. The fraction of sp³-hybridized carbons (Fsp3) is 0.280. The zero-order valence-electron chi connectivity index (χ0n) is 16.3. The molecule has 25 heavy (non-hydrogen) atoms. The predicted molar refractivity (Wildman–Crippen MR) is 109 cm³/mol. The average molecular weight is 328 g/mol. The Balaban J connectivity index is 2.34. The van der Waals surface area contributed by atoms with Crippen LogP contribution in [0.25, 0.3) is 0 Å². The van der Waals surface area contributed by atoms with Crippen LogP contribution in [0, 0.1) is 41.5 Å². The van der Waals surface area contributed by atoms with Crippen LogP contribution in [0.1, 0.15) is 56.0 Å². The minimum Gasteiger partial charge on any atom is -0.0590 e. The van der Waals surface area contributed by atoms with Crippen molar-refractivity contribution in [1.29, 1.82) is 0 Å². The first-order valence-corrected chi connectivity index (χ1v) is 9.08. The molecule has 0 bridgehead atoms. The van der Waals surface area contributed by atoms with Gasteiger partial charge in [0.15, 0.2) is 0 Å². The number of hydrogen-bond acceptors (Lipinski definition) is 0. The maximum Gasteiger partial charge on any atom is 0.0348 e. The van der Waals surface area contributed by atoms with Crippen molar-refractivity contribution in [3.05, 3.63) is 105 Å². The molecule has 0 aliphatic carbocycles. The Morgan fingerprint density at radius 2 is 0.720 bits per heavy atom. The van der Waals surface area contributed by atoms with Gasteiger partial charge in [-0.05, 0) is 74.9 Å². The highest BCUT2D eigenvalue weighted by atomic mass is 14.3. The van der Waals surface area contributed by atoms with Gasteiger partial charge in [-0.3, -0.25) is 0 Å². The molecule has 0 aliphatic heterocycles. The van der Waals surface area contributed by atoms with Crippen molar-refractivity contribution in [2.75, 3.05) is 0 Å². The normalized spacial score (nSPS) is 11.2. The molecule has 0 radical (unpaired) electrons. The number of aryl methyl sites for hydroxylation is 6. The maximum absolute atomic E-state index is 2.36. The minimum atomic E-state index is 0.277. The SMILES string of the molecule is Cc1ccc(C)c(C(c2cc(C)ccc2C)c2cc(C)ccc2C)c1. The quantitative estimate of drug-likeness (QED) is 0.468. The molecule has 0 unspecified atom stereocenters. The van der Waals surface area contributed by atoms with Gasteiger partial charge in [-0.25, -0.2) is 0 Å². The van der Waals surface area contributed by atoms with Crippen molar-refractivity contribution < 1.29 is 0 Å². The van der Waals surface area contributed by atoms with Gasteiger partial charge in [0, 0.05) is 5.92 Å². The van der Waals surface area contributed by atoms with Crippen LogP contribution >= 0.6 is 0 Å². The summed E-state index contributed by atoms with van der Waals surface area (Å²) in [7, 11) is 0. The van der Waals surface area contributed by atoms with Gasteiger partial charge in [0.05, 0.1) is 0 Å². The first-order chi connectivity index (χ1) is 11.9. The number of hydrogen-bond donors (Lipinski definition) is 0. The largest absolute Gasteiger partial charge is 0.0590 e. The Hall–Kier alpha value is -2.34. The molecule has 3 aromatic rings. The van der Waals surface area contributed by atoms with Crippen molar-refractivity contribution in [1.82, 2.24) is 0 Å². The Kier molecular flexibility index (Phi) is 4.81. The van der Waals surface area contributed by atoms with Crippen molar-refractivity contribution in [3.8, 4) is 0 Å². The summed E-state index contributed by atoms with van der Waals surface area (Å²) in [5, 5.41) is 0. The molecular weight excluding hydrogens is 300 g/mol. The van der Waals surface area contributed by atoms with Crippen molar-refractivity contribution in [2.24, 2.45) is 0 Å². The van der Waals surface area contributed by atoms with Crippen LogP contribution in [0.3, 0.4) is 0 Å². The second kappa shape index (κ2) is 6.88. The average Bonchev–Trinajstić information content (AvgIpc) is 2.57. The van der Waals surface area contributed by atoms with E-state index in [0.717, 1.165) is 0 Å². The van der Waals surface area contributed by atoms with Gasteiger partial charge in [0.2, 0.25) is 0 Å². The second-order valence-corrected chi connectivity index (χ2v) is 7.51. The lowest BCUT2D eigenvalue weighted by Crippen LogP contribution is -2.10. The Morgan fingerprint density at radius 1 is 0.440 bits per heavy atom. The molecule has 3 aromatic carbocycles. The summed E-state index contributed by atoms with van der Waals surface area (Å²) in [6, 6.07) is 20.5. The third-order valence-corrected chi connectivity index (χ3v) is 5.24. The fourth-order valence-corrected chi connectivity index (χ4v) is 3.72. The van der Waals surface area contributed by atoms with Crippen LogP contribution in [0.5, 0.6) is 0 Å². The third-order valence-electron chi connectivity index (χ3n) is 5.24. The first kappa shape index (κ1) is 17.5. The van der Waals surface area contributed by atoms with Gasteiger partial charge in [-0.15, -0.1) is 0 Å². The van der Waals surface area contributed by atoms with Gasteiger partial charge in [0.25, 0.3) is 0 Å². The monoisotopic (exact) mass is 328 g/mol. The van der Waals surface area contributed by atoms with E-state index in [4.69, 9.17) is 0 Å². The molecule has 0 aromatic heterocycles. The molecule has 0 heterocycles.